The number of cyclic esters (lactones) is 1. The summed E-state index contributed by atoms with van der Waals surface area (Å²) >= 11 is 0. The second-order valence-corrected chi connectivity index (χ2v) is 16.4. The molecule has 4 N–H and O–H groups in total. The van der Waals surface area contributed by atoms with Gasteiger partial charge in [-0.3, -0.25) is 4.79 Å². The van der Waals surface area contributed by atoms with E-state index in [-0.39, 0.29) is 25.0 Å². The van der Waals surface area contributed by atoms with E-state index in [2.05, 4.69) is 4.90 Å². The first-order chi connectivity index (χ1) is 23.1. The van der Waals surface area contributed by atoms with E-state index in [1.165, 1.54) is 14.0 Å². The minimum atomic E-state index is -1.76. The van der Waals surface area contributed by atoms with Crippen LogP contribution in [0.25, 0.3) is 0 Å². The zero-order valence-corrected chi connectivity index (χ0v) is 33.0. The number of aliphatic hydroxyl groups is 4. The SMILES string of the molecule is CC[C@H]1OC(=O)[C@H](C)[C@@H](O[C@@H]2C[C@](C)(OC)[C@H](O)C(C)O2)[C@H](C)[C@@H](O[C@H]2C[C@H](N(C)C)C[C@@H](C)O2)[C@](C)(O)CCCN(C)[C@H](C)[C@@H](O)[C@]1(C)O. The number of rotatable bonds is 7. The molecule has 3 fully saturated rings. The highest BCUT2D eigenvalue weighted by atomic mass is 16.7. The maximum absolute atomic E-state index is 14.1. The molecule has 0 aliphatic carbocycles. The van der Waals surface area contributed by atoms with Crippen LogP contribution in [-0.4, -0.2) is 155 Å². The summed E-state index contributed by atoms with van der Waals surface area (Å²) in [6.45, 7) is 16.5. The number of methoxy groups -OCH3 is 1. The van der Waals surface area contributed by atoms with Gasteiger partial charge in [0.05, 0.1) is 41.5 Å². The molecule has 3 rings (SSSR count). The largest absolute Gasteiger partial charge is 0.459 e. The van der Waals surface area contributed by atoms with Gasteiger partial charge >= 0.3 is 5.97 Å². The highest BCUT2D eigenvalue weighted by Crippen LogP contribution is 2.39. The molecule has 13 nitrogen and oxygen atoms in total. The van der Waals surface area contributed by atoms with Gasteiger partial charge in [-0.1, -0.05) is 13.8 Å². The molecule has 0 bridgehead atoms. The molecule has 0 amide bonds. The third-order valence-corrected chi connectivity index (χ3v) is 12.0. The first kappa shape index (κ1) is 43.4. The van der Waals surface area contributed by atoms with E-state index in [9.17, 15) is 25.2 Å². The lowest BCUT2D eigenvalue weighted by Crippen LogP contribution is -2.59. The van der Waals surface area contributed by atoms with E-state index < -0.39 is 89.9 Å². The quantitative estimate of drug-likeness (QED) is 0.285. The Morgan fingerprint density at radius 2 is 1.60 bits per heavy atom. The lowest BCUT2D eigenvalue weighted by Gasteiger charge is -2.48. The zero-order chi connectivity index (χ0) is 37.9. The predicted molar refractivity (Wildman–Crippen MR) is 188 cm³/mol. The fraction of sp³-hybridized carbons (Fsp3) is 0.973. The molecule has 3 heterocycles. The van der Waals surface area contributed by atoms with Crippen molar-refractivity contribution in [2.45, 2.75) is 185 Å². The summed E-state index contributed by atoms with van der Waals surface area (Å²) in [6, 6.07) is -0.272. The van der Waals surface area contributed by atoms with Crippen LogP contribution < -0.4 is 0 Å². The minimum absolute atomic E-state index is 0.0692. The Labute approximate surface area is 300 Å². The van der Waals surface area contributed by atoms with Gasteiger partial charge in [0.15, 0.2) is 12.6 Å². The Morgan fingerprint density at radius 1 is 0.960 bits per heavy atom. The van der Waals surface area contributed by atoms with E-state index in [4.69, 9.17) is 28.4 Å². The number of esters is 1. The summed E-state index contributed by atoms with van der Waals surface area (Å²) in [6.07, 6.45) is -4.37. The third-order valence-electron chi connectivity index (χ3n) is 12.0. The van der Waals surface area contributed by atoms with Crippen LogP contribution >= 0.6 is 0 Å². The molecule has 3 saturated heterocycles. The van der Waals surface area contributed by atoms with Gasteiger partial charge in [-0.2, -0.15) is 0 Å². The molecule has 13 heteroatoms. The van der Waals surface area contributed by atoms with Crippen molar-refractivity contribution in [2.75, 3.05) is 34.8 Å². The van der Waals surface area contributed by atoms with Gasteiger partial charge in [0.1, 0.15) is 23.9 Å². The van der Waals surface area contributed by atoms with Crippen molar-refractivity contribution >= 4 is 5.97 Å². The molecule has 0 spiro atoms. The van der Waals surface area contributed by atoms with Crippen molar-refractivity contribution in [3.05, 3.63) is 0 Å². The molecule has 50 heavy (non-hydrogen) atoms. The molecule has 16 atom stereocenters. The molecule has 1 unspecified atom stereocenters. The first-order valence-corrected chi connectivity index (χ1v) is 18.6. The highest BCUT2D eigenvalue weighted by molar-refractivity contribution is 5.73. The number of hydrogen-bond donors (Lipinski definition) is 4. The Morgan fingerprint density at radius 3 is 2.18 bits per heavy atom. The van der Waals surface area contributed by atoms with Gasteiger partial charge in [-0.15, -0.1) is 0 Å². The van der Waals surface area contributed by atoms with Gasteiger partial charge in [0.25, 0.3) is 0 Å². The average molecular weight is 719 g/mol. The fourth-order valence-electron chi connectivity index (χ4n) is 8.17. The van der Waals surface area contributed by atoms with Crippen LogP contribution in [0.1, 0.15) is 101 Å². The van der Waals surface area contributed by atoms with Gasteiger partial charge < -0.3 is 58.6 Å². The minimum Gasteiger partial charge on any atom is -0.459 e. The maximum Gasteiger partial charge on any atom is 0.311 e. The van der Waals surface area contributed by atoms with E-state index in [1.807, 2.05) is 46.8 Å². The van der Waals surface area contributed by atoms with E-state index in [1.54, 1.807) is 34.6 Å². The molecule has 3 aliphatic heterocycles. The number of carbonyl (C=O) groups is 1. The lowest BCUT2D eigenvalue weighted by atomic mass is 9.79. The van der Waals surface area contributed by atoms with Gasteiger partial charge in [0.2, 0.25) is 0 Å². The normalized spacial score (nSPS) is 48.1. The second-order valence-electron chi connectivity index (χ2n) is 16.4. The molecule has 0 aromatic rings. The van der Waals surface area contributed by atoms with Crippen LogP contribution in [0.3, 0.4) is 0 Å². The van der Waals surface area contributed by atoms with Gasteiger partial charge in [-0.05, 0) is 102 Å². The van der Waals surface area contributed by atoms with Crippen molar-refractivity contribution < 1.29 is 53.6 Å². The van der Waals surface area contributed by atoms with E-state index in [0.717, 1.165) is 6.42 Å². The second kappa shape index (κ2) is 17.4. The summed E-state index contributed by atoms with van der Waals surface area (Å²) in [5.41, 5.74) is -4.14. The number of likely N-dealkylation sites (N-methyl/N-ethyl adjacent to an activating group) is 1. The van der Waals surface area contributed by atoms with Gasteiger partial charge in [-0.25, -0.2) is 0 Å². The number of nitrogens with zero attached hydrogens (tertiary/aromatic N) is 2. The number of ether oxygens (including phenoxy) is 6. The molecule has 0 aromatic carbocycles. The van der Waals surface area contributed by atoms with Crippen LogP contribution in [0.5, 0.6) is 0 Å². The number of carbonyl (C=O) groups excluding carboxylic acids is 1. The molecule has 294 valence electrons. The van der Waals surface area contributed by atoms with Crippen LogP contribution in [0.15, 0.2) is 0 Å². The molecule has 3 aliphatic rings. The monoisotopic (exact) mass is 718 g/mol. The third kappa shape index (κ3) is 9.96. The van der Waals surface area contributed by atoms with E-state index >= 15 is 0 Å². The summed E-state index contributed by atoms with van der Waals surface area (Å²) in [5, 5.41) is 46.3. The van der Waals surface area contributed by atoms with Crippen LogP contribution in [0.4, 0.5) is 0 Å². The Bertz CT molecular complexity index is 1080. The predicted octanol–water partition coefficient (Wildman–Crippen LogP) is 2.68. The summed E-state index contributed by atoms with van der Waals surface area (Å²) in [4.78, 5) is 18.2. The first-order valence-electron chi connectivity index (χ1n) is 18.6. The van der Waals surface area contributed by atoms with Crippen LogP contribution in [0.2, 0.25) is 0 Å². The zero-order valence-electron chi connectivity index (χ0n) is 33.0. The molecule has 0 radical (unpaired) electrons. The fourth-order valence-corrected chi connectivity index (χ4v) is 8.17. The highest BCUT2D eigenvalue weighted by Gasteiger charge is 2.51. The topological polar surface area (TPSA) is 160 Å². The van der Waals surface area contributed by atoms with Crippen LogP contribution in [-0.2, 0) is 33.2 Å². The molecule has 0 saturated carbocycles. The Kier molecular flexibility index (Phi) is 15.2. The Hall–Kier alpha value is -0.970. The summed E-state index contributed by atoms with van der Waals surface area (Å²) < 4.78 is 37.7. The van der Waals surface area contributed by atoms with Gasteiger partial charge in [0, 0.05) is 38.0 Å². The number of hydrogen-bond acceptors (Lipinski definition) is 13. The van der Waals surface area contributed by atoms with Crippen molar-refractivity contribution in [3.63, 3.8) is 0 Å². The van der Waals surface area contributed by atoms with Crippen molar-refractivity contribution in [1.29, 1.82) is 0 Å². The average Bonchev–Trinajstić information content (AvgIpc) is 3.04. The molecule has 0 aromatic heterocycles. The standard InChI is InChI=1S/C37H70N2O11/c1-14-27-37(9,44)31(40)24(5)39(12)17-15-16-35(7,43)33(50-28-19-26(38(10)11)18-21(2)46-28)22(3)30(23(4)34(42)48-27)49-29-20-36(8,45-13)32(41)25(6)47-29/h21-33,40-41,43-44H,14-20H2,1-13H3/t21-,22+,23-,24-,25?,26-,27-,28+,29-,30+,31-,32-,33-,35-,36+,37-/m1/s1. The van der Waals surface area contributed by atoms with Crippen molar-refractivity contribution in [1.82, 2.24) is 9.80 Å². The number of aliphatic hydroxyl groups excluding tert-OH is 2. The maximum atomic E-state index is 14.1. The van der Waals surface area contributed by atoms with Crippen molar-refractivity contribution in [3.8, 4) is 0 Å². The molecular formula is C37H70N2O11. The summed E-state index contributed by atoms with van der Waals surface area (Å²) in [7, 11) is 7.46. The lowest BCUT2D eigenvalue weighted by molar-refractivity contribution is -0.308. The molecular weight excluding hydrogens is 648 g/mol. The van der Waals surface area contributed by atoms with Crippen LogP contribution in [0, 0.1) is 11.8 Å². The summed E-state index contributed by atoms with van der Waals surface area (Å²) in [5.74, 6) is -2.18. The van der Waals surface area contributed by atoms with E-state index in [0.29, 0.717) is 25.8 Å². The van der Waals surface area contributed by atoms with Crippen molar-refractivity contribution in [2.24, 2.45) is 11.8 Å². The smallest absolute Gasteiger partial charge is 0.311 e. The Balaban J connectivity index is 2.11.